The molecule has 0 saturated heterocycles. The van der Waals surface area contributed by atoms with E-state index in [1.165, 1.54) is 18.2 Å². The van der Waals surface area contributed by atoms with Gasteiger partial charge >= 0.3 is 0 Å². The molecule has 0 radical (unpaired) electrons. The lowest BCUT2D eigenvalue weighted by molar-refractivity contribution is 0.628. The van der Waals surface area contributed by atoms with Crippen molar-refractivity contribution in [2.75, 3.05) is 5.32 Å². The molecule has 98 valence electrons. The predicted molar refractivity (Wildman–Crippen MR) is 79.6 cm³/mol. The number of nitrogens with two attached hydrogens (primary N) is 1. The first-order valence-corrected chi connectivity index (χ1v) is 6.25. The van der Waals surface area contributed by atoms with Gasteiger partial charge in [0.15, 0.2) is 0 Å². The molecular weight excluding hydrogens is 285 g/mol. The standard InChI is InChI=1S/C13H11ClFN3S/c1-7-2-4-9(12(16)19)13(17-7)18-11-5-3-8(15)6-10(11)14/h2-6H,1H3,(H2,16,19)(H,17,18). The number of nitrogens with zero attached hydrogens (tertiary/aromatic N) is 1. The van der Waals surface area contributed by atoms with Crippen LogP contribution in [0.15, 0.2) is 30.3 Å². The van der Waals surface area contributed by atoms with Crippen LogP contribution < -0.4 is 11.1 Å². The number of hydrogen-bond donors (Lipinski definition) is 2. The number of anilines is 2. The minimum atomic E-state index is -0.401. The first kappa shape index (κ1) is 13.7. The smallest absolute Gasteiger partial charge is 0.140 e. The molecule has 0 aliphatic rings. The van der Waals surface area contributed by atoms with Gasteiger partial charge < -0.3 is 11.1 Å². The van der Waals surface area contributed by atoms with Gasteiger partial charge in [-0.15, -0.1) is 0 Å². The van der Waals surface area contributed by atoms with Crippen LogP contribution in [0.5, 0.6) is 0 Å². The van der Waals surface area contributed by atoms with Gasteiger partial charge in [0.1, 0.15) is 16.6 Å². The second kappa shape index (κ2) is 5.50. The Balaban J connectivity index is 2.42. The molecule has 1 aromatic heterocycles. The maximum Gasteiger partial charge on any atom is 0.140 e. The summed E-state index contributed by atoms with van der Waals surface area (Å²) in [6.07, 6.45) is 0. The van der Waals surface area contributed by atoms with Crippen LogP contribution >= 0.6 is 23.8 Å². The van der Waals surface area contributed by atoms with Crippen molar-refractivity contribution in [3.63, 3.8) is 0 Å². The zero-order valence-corrected chi connectivity index (χ0v) is 11.6. The molecule has 1 heterocycles. The molecular formula is C13H11ClFN3S. The summed E-state index contributed by atoms with van der Waals surface area (Å²) in [6.45, 7) is 1.85. The number of nitrogens with one attached hydrogen (secondary N) is 1. The molecule has 0 spiro atoms. The Labute approximate surface area is 120 Å². The minimum absolute atomic E-state index is 0.230. The van der Waals surface area contributed by atoms with Gasteiger partial charge in [-0.05, 0) is 37.3 Å². The summed E-state index contributed by atoms with van der Waals surface area (Å²) in [7, 11) is 0. The third-order valence-electron chi connectivity index (χ3n) is 2.48. The number of hydrogen-bond acceptors (Lipinski definition) is 3. The Hall–Kier alpha value is -1.72. The number of aromatic nitrogens is 1. The summed E-state index contributed by atoms with van der Waals surface area (Å²) >= 11 is 10.9. The van der Waals surface area contributed by atoms with Gasteiger partial charge in [0.25, 0.3) is 0 Å². The van der Waals surface area contributed by atoms with E-state index in [-0.39, 0.29) is 10.0 Å². The molecule has 3 N–H and O–H groups in total. The molecule has 0 unspecified atom stereocenters. The van der Waals surface area contributed by atoms with Crippen molar-refractivity contribution in [1.82, 2.24) is 4.98 Å². The van der Waals surface area contributed by atoms with Crippen LogP contribution in [0.1, 0.15) is 11.3 Å². The van der Waals surface area contributed by atoms with E-state index in [2.05, 4.69) is 10.3 Å². The summed E-state index contributed by atoms with van der Waals surface area (Å²) in [5.41, 5.74) is 7.60. The van der Waals surface area contributed by atoms with Crippen LogP contribution in [0, 0.1) is 12.7 Å². The highest BCUT2D eigenvalue weighted by Gasteiger charge is 2.09. The van der Waals surface area contributed by atoms with E-state index in [0.29, 0.717) is 17.1 Å². The van der Waals surface area contributed by atoms with Gasteiger partial charge in [-0.3, -0.25) is 0 Å². The molecule has 0 saturated carbocycles. The zero-order chi connectivity index (χ0) is 14.0. The highest BCUT2D eigenvalue weighted by molar-refractivity contribution is 7.80. The van der Waals surface area contributed by atoms with E-state index in [4.69, 9.17) is 29.6 Å². The summed E-state index contributed by atoms with van der Waals surface area (Å²) in [4.78, 5) is 4.55. The Bertz CT molecular complexity index is 646. The van der Waals surface area contributed by atoms with Crippen LogP contribution in [-0.2, 0) is 0 Å². The maximum atomic E-state index is 13.0. The van der Waals surface area contributed by atoms with Gasteiger partial charge in [-0.2, -0.15) is 0 Å². The van der Waals surface area contributed by atoms with Crippen LogP contribution in [0.25, 0.3) is 0 Å². The average Bonchev–Trinajstić information content (AvgIpc) is 2.32. The molecule has 0 amide bonds. The summed E-state index contributed by atoms with van der Waals surface area (Å²) in [5.74, 6) is 0.100. The zero-order valence-electron chi connectivity index (χ0n) is 10.1. The Morgan fingerprint density at radius 3 is 2.74 bits per heavy atom. The third-order valence-corrected chi connectivity index (χ3v) is 3.02. The fourth-order valence-corrected chi connectivity index (χ4v) is 1.95. The highest BCUT2D eigenvalue weighted by atomic mass is 35.5. The normalized spacial score (nSPS) is 10.3. The number of benzene rings is 1. The molecule has 0 aliphatic carbocycles. The number of aryl methyl sites for hydroxylation is 1. The summed E-state index contributed by atoms with van der Waals surface area (Å²) in [5, 5.41) is 3.27. The fraction of sp³-hybridized carbons (Fsp3) is 0.0769. The summed E-state index contributed by atoms with van der Waals surface area (Å²) < 4.78 is 13.0. The second-order valence-corrected chi connectivity index (χ2v) is 4.81. The van der Waals surface area contributed by atoms with Crippen molar-refractivity contribution < 1.29 is 4.39 Å². The van der Waals surface area contributed by atoms with Gasteiger partial charge in [-0.25, -0.2) is 9.37 Å². The van der Waals surface area contributed by atoms with Gasteiger partial charge in [0, 0.05) is 5.69 Å². The van der Waals surface area contributed by atoms with Crippen molar-refractivity contribution >= 4 is 40.3 Å². The molecule has 19 heavy (non-hydrogen) atoms. The molecule has 0 bridgehead atoms. The lowest BCUT2D eigenvalue weighted by Gasteiger charge is -2.12. The molecule has 2 rings (SSSR count). The van der Waals surface area contributed by atoms with Crippen LogP contribution in [0.3, 0.4) is 0 Å². The number of rotatable bonds is 3. The van der Waals surface area contributed by atoms with Crippen LogP contribution in [0.2, 0.25) is 5.02 Å². The van der Waals surface area contributed by atoms with Crippen LogP contribution in [0.4, 0.5) is 15.9 Å². The fourth-order valence-electron chi connectivity index (χ4n) is 1.57. The second-order valence-electron chi connectivity index (χ2n) is 3.96. The van der Waals surface area contributed by atoms with E-state index in [1.807, 2.05) is 13.0 Å². The van der Waals surface area contributed by atoms with Gasteiger partial charge in [0.2, 0.25) is 0 Å². The lowest BCUT2D eigenvalue weighted by atomic mass is 10.2. The maximum absolute atomic E-state index is 13.0. The van der Waals surface area contributed by atoms with Crippen LogP contribution in [-0.4, -0.2) is 9.97 Å². The van der Waals surface area contributed by atoms with Crippen molar-refractivity contribution in [3.05, 3.63) is 52.4 Å². The van der Waals surface area contributed by atoms with E-state index in [0.717, 1.165) is 5.69 Å². The first-order valence-electron chi connectivity index (χ1n) is 5.47. The largest absolute Gasteiger partial charge is 0.389 e. The summed E-state index contributed by atoms with van der Waals surface area (Å²) in [6, 6.07) is 7.66. The van der Waals surface area contributed by atoms with Crippen molar-refractivity contribution in [2.45, 2.75) is 6.92 Å². The number of halogens is 2. The molecule has 0 fully saturated rings. The lowest BCUT2D eigenvalue weighted by Crippen LogP contribution is -2.13. The number of pyridine rings is 1. The van der Waals surface area contributed by atoms with Gasteiger partial charge in [0.05, 0.1) is 16.3 Å². The van der Waals surface area contributed by atoms with Crippen molar-refractivity contribution in [3.8, 4) is 0 Å². The Morgan fingerprint density at radius 1 is 1.37 bits per heavy atom. The molecule has 2 aromatic rings. The quantitative estimate of drug-likeness (QED) is 0.850. The van der Waals surface area contributed by atoms with E-state index in [1.54, 1.807) is 6.07 Å². The van der Waals surface area contributed by atoms with Crippen molar-refractivity contribution in [2.24, 2.45) is 5.73 Å². The topological polar surface area (TPSA) is 50.9 Å². The SMILES string of the molecule is Cc1ccc(C(N)=S)c(Nc2ccc(F)cc2Cl)n1. The van der Waals surface area contributed by atoms with E-state index in [9.17, 15) is 4.39 Å². The molecule has 0 atom stereocenters. The molecule has 1 aromatic carbocycles. The Kier molecular flexibility index (Phi) is 3.97. The van der Waals surface area contributed by atoms with Gasteiger partial charge in [-0.1, -0.05) is 23.8 Å². The molecule has 6 heteroatoms. The Morgan fingerprint density at radius 2 is 2.11 bits per heavy atom. The monoisotopic (exact) mass is 295 g/mol. The predicted octanol–water partition coefficient (Wildman–Crippen LogP) is 3.56. The van der Waals surface area contributed by atoms with E-state index < -0.39 is 5.82 Å². The first-order chi connectivity index (χ1) is 8.97. The number of thiocarbonyl (C=S) groups is 1. The van der Waals surface area contributed by atoms with E-state index >= 15 is 0 Å². The molecule has 3 nitrogen and oxygen atoms in total. The van der Waals surface area contributed by atoms with Crippen molar-refractivity contribution in [1.29, 1.82) is 0 Å². The minimum Gasteiger partial charge on any atom is -0.389 e. The third kappa shape index (κ3) is 3.19. The molecule has 0 aliphatic heterocycles. The highest BCUT2D eigenvalue weighted by Crippen LogP contribution is 2.27. The average molecular weight is 296 g/mol.